The zero-order valence-electron chi connectivity index (χ0n) is 14.1. The number of hydrogen-bond donors (Lipinski definition) is 2. The van der Waals surface area contributed by atoms with E-state index in [9.17, 15) is 18.0 Å². The van der Waals surface area contributed by atoms with Crippen LogP contribution in [0.1, 0.15) is 34.6 Å². The highest BCUT2D eigenvalue weighted by Crippen LogP contribution is 2.43. The van der Waals surface area contributed by atoms with Crippen LogP contribution in [-0.4, -0.2) is 42.1 Å². The third-order valence-electron chi connectivity index (χ3n) is 4.22. The Morgan fingerprint density at radius 1 is 1.38 bits per heavy atom. The Bertz CT molecular complexity index is 761. The Morgan fingerprint density at radius 3 is 2.77 bits per heavy atom. The van der Waals surface area contributed by atoms with Gasteiger partial charge in [0.15, 0.2) is 11.7 Å². The molecule has 26 heavy (non-hydrogen) atoms. The van der Waals surface area contributed by atoms with Gasteiger partial charge in [-0.1, -0.05) is 30.3 Å². The maximum atomic E-state index is 13.6. The van der Waals surface area contributed by atoms with Crippen LogP contribution in [0.3, 0.4) is 0 Å². The lowest BCUT2D eigenvalue weighted by Gasteiger charge is -2.33. The van der Waals surface area contributed by atoms with Crippen LogP contribution in [0.4, 0.5) is 19.0 Å². The van der Waals surface area contributed by atoms with Gasteiger partial charge in [0.05, 0.1) is 12.6 Å². The van der Waals surface area contributed by atoms with Crippen molar-refractivity contribution in [1.29, 1.82) is 0 Å². The summed E-state index contributed by atoms with van der Waals surface area (Å²) in [5, 5.41) is 9.50. The third kappa shape index (κ3) is 3.82. The van der Waals surface area contributed by atoms with Gasteiger partial charge in [-0.2, -0.15) is 18.3 Å². The lowest BCUT2D eigenvalue weighted by atomic mass is 9.97. The molecule has 0 unspecified atom stereocenters. The van der Waals surface area contributed by atoms with Gasteiger partial charge in [-0.15, -0.1) is 0 Å². The number of aromatic nitrogens is 2. The summed E-state index contributed by atoms with van der Waals surface area (Å²) in [5.41, 5.74) is 0.687. The molecule has 9 heteroatoms. The van der Waals surface area contributed by atoms with E-state index in [1.165, 1.54) is 13.2 Å². The van der Waals surface area contributed by atoms with E-state index in [1.54, 1.807) is 30.3 Å². The van der Waals surface area contributed by atoms with Gasteiger partial charge in [-0.05, 0) is 5.56 Å². The minimum atomic E-state index is -4.47. The van der Waals surface area contributed by atoms with Crippen molar-refractivity contribution in [2.45, 2.75) is 24.7 Å². The molecule has 0 fully saturated rings. The number of ether oxygens (including phenoxy) is 1. The summed E-state index contributed by atoms with van der Waals surface area (Å²) in [6.07, 6.45) is -4.67. The number of methoxy groups -OCH3 is 1. The molecule has 0 bridgehead atoms. The Labute approximate surface area is 148 Å². The number of carbonyl (C=O) groups is 1. The largest absolute Gasteiger partial charge is 0.410 e. The molecule has 1 aromatic carbocycles. The van der Waals surface area contributed by atoms with Crippen molar-refractivity contribution in [3.63, 3.8) is 0 Å². The first-order valence-corrected chi connectivity index (χ1v) is 8.15. The van der Waals surface area contributed by atoms with Gasteiger partial charge in [0.1, 0.15) is 5.82 Å². The standard InChI is InChI=1S/C17H19F3N4O2/c1-26-8-7-21-16(25)13-10-15-22-12(11-5-3-2-4-6-11)9-14(17(18,19)20)24(15)23-13/h2-6,10,12,14,22H,7-9H2,1H3,(H,21,25)/t12-,14+/m1/s1. The van der Waals surface area contributed by atoms with Gasteiger partial charge in [-0.25, -0.2) is 4.68 Å². The molecule has 0 saturated carbocycles. The van der Waals surface area contributed by atoms with E-state index in [-0.39, 0.29) is 24.5 Å². The van der Waals surface area contributed by atoms with Gasteiger partial charge < -0.3 is 15.4 Å². The maximum Gasteiger partial charge on any atom is 0.410 e. The summed E-state index contributed by atoms with van der Waals surface area (Å²) < 4.78 is 46.4. The molecule has 1 aliphatic rings. The Balaban J connectivity index is 1.88. The Kier molecular flexibility index (Phi) is 5.17. The molecule has 1 aliphatic heterocycles. The Morgan fingerprint density at radius 2 is 2.12 bits per heavy atom. The van der Waals surface area contributed by atoms with Crippen LogP contribution < -0.4 is 10.6 Å². The van der Waals surface area contributed by atoms with E-state index in [1.807, 2.05) is 0 Å². The molecule has 0 aliphatic carbocycles. The fraction of sp³-hybridized carbons (Fsp3) is 0.412. The van der Waals surface area contributed by atoms with Crippen LogP contribution in [0.5, 0.6) is 0 Å². The van der Waals surface area contributed by atoms with Crippen molar-refractivity contribution < 1.29 is 22.7 Å². The van der Waals surface area contributed by atoms with Gasteiger partial charge in [0, 0.05) is 26.1 Å². The van der Waals surface area contributed by atoms with Crippen molar-refractivity contribution in [3.8, 4) is 0 Å². The van der Waals surface area contributed by atoms with Gasteiger partial charge in [-0.3, -0.25) is 4.79 Å². The summed E-state index contributed by atoms with van der Waals surface area (Å²) in [6, 6.07) is 7.93. The molecule has 140 valence electrons. The zero-order valence-corrected chi connectivity index (χ0v) is 14.1. The maximum absolute atomic E-state index is 13.6. The predicted octanol–water partition coefficient (Wildman–Crippen LogP) is 2.92. The summed E-state index contributed by atoms with van der Waals surface area (Å²) >= 11 is 0. The normalized spacial score (nSPS) is 19.5. The molecule has 1 amide bonds. The number of benzene rings is 1. The SMILES string of the molecule is COCCNC(=O)c1cc2n(n1)[C@H](C(F)(F)F)C[C@H](c1ccccc1)N2. The first-order chi connectivity index (χ1) is 12.4. The predicted molar refractivity (Wildman–Crippen MR) is 89.0 cm³/mol. The molecule has 0 saturated heterocycles. The van der Waals surface area contributed by atoms with Crippen LogP contribution in [-0.2, 0) is 4.74 Å². The second-order valence-corrected chi connectivity index (χ2v) is 6.01. The monoisotopic (exact) mass is 368 g/mol. The zero-order chi connectivity index (χ0) is 18.7. The van der Waals surface area contributed by atoms with Crippen molar-refractivity contribution in [1.82, 2.24) is 15.1 Å². The highest BCUT2D eigenvalue weighted by molar-refractivity contribution is 5.93. The fourth-order valence-corrected chi connectivity index (χ4v) is 2.95. The van der Waals surface area contributed by atoms with Gasteiger partial charge in [0.25, 0.3) is 5.91 Å². The first kappa shape index (κ1) is 18.2. The number of amides is 1. The van der Waals surface area contributed by atoms with E-state index < -0.39 is 24.2 Å². The van der Waals surface area contributed by atoms with Gasteiger partial charge in [0.2, 0.25) is 0 Å². The van der Waals surface area contributed by atoms with Crippen LogP contribution >= 0.6 is 0 Å². The van der Waals surface area contributed by atoms with E-state index in [2.05, 4.69) is 15.7 Å². The second-order valence-electron chi connectivity index (χ2n) is 6.01. The van der Waals surface area contributed by atoms with Crippen molar-refractivity contribution in [3.05, 3.63) is 47.7 Å². The third-order valence-corrected chi connectivity index (χ3v) is 4.22. The summed E-state index contributed by atoms with van der Waals surface area (Å²) in [6.45, 7) is 0.555. The Hall–Kier alpha value is -2.55. The molecular formula is C17H19F3N4O2. The summed E-state index contributed by atoms with van der Waals surface area (Å²) in [5.74, 6) is -0.368. The summed E-state index contributed by atoms with van der Waals surface area (Å²) in [7, 11) is 1.49. The minimum absolute atomic E-state index is 0.0634. The highest BCUT2D eigenvalue weighted by atomic mass is 19.4. The number of nitrogens with zero attached hydrogens (tertiary/aromatic N) is 2. The topological polar surface area (TPSA) is 68.2 Å². The molecule has 0 spiro atoms. The number of alkyl halides is 3. The molecular weight excluding hydrogens is 349 g/mol. The van der Waals surface area contributed by atoms with E-state index >= 15 is 0 Å². The van der Waals surface area contributed by atoms with E-state index in [0.29, 0.717) is 6.61 Å². The molecule has 0 radical (unpaired) electrons. The van der Waals surface area contributed by atoms with E-state index in [0.717, 1.165) is 10.2 Å². The fourth-order valence-electron chi connectivity index (χ4n) is 2.95. The number of halogens is 3. The van der Waals surface area contributed by atoms with Crippen LogP contribution in [0, 0.1) is 0 Å². The average molecular weight is 368 g/mol. The lowest BCUT2D eigenvalue weighted by Crippen LogP contribution is -2.35. The first-order valence-electron chi connectivity index (χ1n) is 8.15. The van der Waals surface area contributed by atoms with Gasteiger partial charge >= 0.3 is 6.18 Å². The average Bonchev–Trinajstić information content (AvgIpc) is 3.05. The molecule has 1 aromatic heterocycles. The number of nitrogens with one attached hydrogen (secondary N) is 2. The minimum Gasteiger partial charge on any atom is -0.383 e. The second kappa shape index (κ2) is 7.36. The van der Waals surface area contributed by atoms with Crippen molar-refractivity contribution >= 4 is 11.7 Å². The molecule has 2 heterocycles. The summed E-state index contributed by atoms with van der Waals surface area (Å²) in [4.78, 5) is 12.1. The van der Waals surface area contributed by atoms with Crippen molar-refractivity contribution in [2.24, 2.45) is 0 Å². The number of fused-ring (bicyclic) bond motifs is 1. The smallest absolute Gasteiger partial charge is 0.383 e. The molecule has 3 rings (SSSR count). The number of hydrogen-bond acceptors (Lipinski definition) is 4. The van der Waals surface area contributed by atoms with E-state index in [4.69, 9.17) is 4.74 Å². The van der Waals surface area contributed by atoms with Crippen molar-refractivity contribution in [2.75, 3.05) is 25.6 Å². The molecule has 6 nitrogen and oxygen atoms in total. The molecule has 2 atom stereocenters. The van der Waals surface area contributed by atoms with Crippen LogP contribution in [0.25, 0.3) is 0 Å². The number of anilines is 1. The van der Waals surface area contributed by atoms with Crippen LogP contribution in [0.2, 0.25) is 0 Å². The number of rotatable bonds is 5. The quantitative estimate of drug-likeness (QED) is 0.797. The lowest BCUT2D eigenvalue weighted by molar-refractivity contribution is -0.173. The molecule has 2 N–H and O–H groups in total. The van der Waals surface area contributed by atoms with Crippen LogP contribution in [0.15, 0.2) is 36.4 Å². The molecule has 2 aromatic rings. The highest BCUT2D eigenvalue weighted by Gasteiger charge is 2.46. The number of carbonyl (C=O) groups excluding carboxylic acids is 1.